The summed E-state index contributed by atoms with van der Waals surface area (Å²) in [6.07, 6.45) is 1.32. The molecular formula is C8H8BrN5O2. The van der Waals surface area contributed by atoms with Crippen molar-refractivity contribution in [2.24, 2.45) is 0 Å². The Bertz CT molecular complexity index is 553. The molecule has 2 aromatic heterocycles. The molecule has 0 aliphatic rings. The number of halogens is 1. The molecule has 84 valence electrons. The van der Waals surface area contributed by atoms with Crippen molar-refractivity contribution in [1.82, 2.24) is 19.7 Å². The maximum absolute atomic E-state index is 11.1. The van der Waals surface area contributed by atoms with E-state index in [4.69, 9.17) is 5.73 Å². The first-order chi connectivity index (χ1) is 7.63. The highest BCUT2D eigenvalue weighted by Gasteiger charge is 2.15. The molecule has 0 atom stereocenters. The number of esters is 1. The van der Waals surface area contributed by atoms with E-state index in [0.29, 0.717) is 21.5 Å². The lowest BCUT2D eigenvalue weighted by atomic mass is 10.4. The van der Waals surface area contributed by atoms with Crippen molar-refractivity contribution >= 4 is 38.8 Å². The normalized spacial score (nSPS) is 10.6. The highest BCUT2D eigenvalue weighted by Crippen LogP contribution is 2.25. The van der Waals surface area contributed by atoms with Crippen LogP contribution in [0.2, 0.25) is 0 Å². The van der Waals surface area contributed by atoms with Crippen molar-refractivity contribution < 1.29 is 9.53 Å². The Hall–Kier alpha value is -1.70. The van der Waals surface area contributed by atoms with Gasteiger partial charge in [0.05, 0.1) is 12.5 Å². The molecule has 2 aromatic rings. The fourth-order valence-corrected chi connectivity index (χ4v) is 1.86. The minimum absolute atomic E-state index is 0.0188. The first-order valence-electron chi connectivity index (χ1n) is 4.32. The Morgan fingerprint density at radius 3 is 3.06 bits per heavy atom. The number of anilines is 1. The van der Waals surface area contributed by atoms with Gasteiger partial charge < -0.3 is 10.5 Å². The van der Waals surface area contributed by atoms with Gasteiger partial charge in [-0.25, -0.2) is 14.6 Å². The maximum atomic E-state index is 11.1. The lowest BCUT2D eigenvalue weighted by Gasteiger charge is -2.00. The smallest absolute Gasteiger partial charge is 0.327 e. The summed E-state index contributed by atoms with van der Waals surface area (Å²) in [6, 6.07) is 0. The van der Waals surface area contributed by atoms with Crippen LogP contribution in [0.5, 0.6) is 0 Å². The second-order valence-corrected chi connectivity index (χ2v) is 3.73. The maximum Gasteiger partial charge on any atom is 0.327 e. The number of ether oxygens (including phenoxy) is 1. The van der Waals surface area contributed by atoms with Gasteiger partial charge in [0.1, 0.15) is 23.3 Å². The van der Waals surface area contributed by atoms with Crippen LogP contribution in [0.1, 0.15) is 0 Å². The van der Waals surface area contributed by atoms with Crippen LogP contribution in [0, 0.1) is 0 Å². The van der Waals surface area contributed by atoms with Crippen LogP contribution in [0.25, 0.3) is 11.0 Å². The summed E-state index contributed by atoms with van der Waals surface area (Å²) in [5, 5.41) is 4.68. The van der Waals surface area contributed by atoms with Crippen LogP contribution in [-0.4, -0.2) is 32.8 Å². The van der Waals surface area contributed by atoms with E-state index in [-0.39, 0.29) is 6.54 Å². The summed E-state index contributed by atoms with van der Waals surface area (Å²) in [5.41, 5.74) is 6.17. The zero-order valence-corrected chi connectivity index (χ0v) is 9.93. The molecule has 0 amide bonds. The molecule has 0 fully saturated rings. The largest absolute Gasteiger partial charge is 0.468 e. The average molecular weight is 286 g/mol. The molecule has 7 nitrogen and oxygen atoms in total. The van der Waals surface area contributed by atoms with Gasteiger partial charge in [-0.1, -0.05) is 0 Å². The number of hydrogen-bond donors (Lipinski definition) is 1. The van der Waals surface area contributed by atoms with Gasteiger partial charge in [-0.15, -0.1) is 0 Å². The number of rotatable bonds is 2. The molecule has 0 aliphatic carbocycles. The van der Waals surface area contributed by atoms with E-state index in [1.807, 2.05) is 0 Å². The Balaban J connectivity index is 2.55. The third kappa shape index (κ3) is 1.71. The lowest BCUT2D eigenvalue weighted by Crippen LogP contribution is -2.13. The molecular weight excluding hydrogens is 278 g/mol. The van der Waals surface area contributed by atoms with Gasteiger partial charge in [-0.2, -0.15) is 5.10 Å². The summed E-state index contributed by atoms with van der Waals surface area (Å²) >= 11 is 3.24. The van der Waals surface area contributed by atoms with E-state index in [0.717, 1.165) is 0 Å². The van der Waals surface area contributed by atoms with Crippen LogP contribution in [-0.2, 0) is 16.1 Å². The average Bonchev–Trinajstić information content (AvgIpc) is 2.57. The molecule has 0 saturated heterocycles. The van der Waals surface area contributed by atoms with E-state index >= 15 is 0 Å². The summed E-state index contributed by atoms with van der Waals surface area (Å²) in [6.45, 7) is -0.0188. The minimum atomic E-state index is -0.408. The molecule has 2 rings (SSSR count). The van der Waals surface area contributed by atoms with E-state index in [1.165, 1.54) is 18.1 Å². The van der Waals surface area contributed by atoms with Crippen molar-refractivity contribution in [3.8, 4) is 0 Å². The predicted molar refractivity (Wildman–Crippen MR) is 59.5 cm³/mol. The zero-order valence-electron chi connectivity index (χ0n) is 8.35. The highest BCUT2D eigenvalue weighted by atomic mass is 79.9. The van der Waals surface area contributed by atoms with Crippen LogP contribution < -0.4 is 5.73 Å². The lowest BCUT2D eigenvalue weighted by molar-refractivity contribution is -0.141. The first-order valence-corrected chi connectivity index (χ1v) is 5.12. The van der Waals surface area contributed by atoms with Crippen molar-refractivity contribution in [2.75, 3.05) is 12.8 Å². The number of nitrogens with two attached hydrogens (primary N) is 1. The Morgan fingerprint density at radius 2 is 2.38 bits per heavy atom. The third-order valence-electron chi connectivity index (χ3n) is 2.02. The second-order valence-electron chi connectivity index (χ2n) is 2.98. The molecule has 0 unspecified atom stereocenters. The van der Waals surface area contributed by atoms with Gasteiger partial charge in [-0.05, 0) is 15.9 Å². The minimum Gasteiger partial charge on any atom is -0.468 e. The molecule has 8 heteroatoms. The molecule has 2 N–H and O–H groups in total. The standard InChI is InChI=1S/C8H8BrN5O2/c1-16-4(15)2-14-8-5(6(9)13-14)7(10)11-3-12-8/h3H,2H2,1H3,(H2,10,11,12). The number of carbonyl (C=O) groups is 1. The Labute approximate surface area is 98.7 Å². The van der Waals surface area contributed by atoms with E-state index in [9.17, 15) is 4.79 Å². The molecule has 0 spiro atoms. The molecule has 0 aromatic carbocycles. The number of hydrogen-bond acceptors (Lipinski definition) is 6. The summed E-state index contributed by atoms with van der Waals surface area (Å²) in [7, 11) is 1.31. The van der Waals surface area contributed by atoms with Crippen molar-refractivity contribution in [3.05, 3.63) is 10.9 Å². The van der Waals surface area contributed by atoms with Crippen molar-refractivity contribution in [3.63, 3.8) is 0 Å². The van der Waals surface area contributed by atoms with Crippen LogP contribution in [0.3, 0.4) is 0 Å². The molecule has 0 bridgehead atoms. The van der Waals surface area contributed by atoms with Crippen molar-refractivity contribution in [1.29, 1.82) is 0 Å². The topological polar surface area (TPSA) is 95.9 Å². The number of nitrogen functional groups attached to an aromatic ring is 1. The molecule has 16 heavy (non-hydrogen) atoms. The number of aromatic nitrogens is 4. The Kier molecular flexibility index (Phi) is 2.73. The van der Waals surface area contributed by atoms with Crippen LogP contribution in [0.4, 0.5) is 5.82 Å². The fraction of sp³-hybridized carbons (Fsp3) is 0.250. The number of nitrogens with zero attached hydrogens (tertiary/aromatic N) is 4. The highest BCUT2D eigenvalue weighted by molar-refractivity contribution is 9.10. The molecule has 0 aliphatic heterocycles. The van der Waals surface area contributed by atoms with E-state index < -0.39 is 5.97 Å². The first kappa shape index (κ1) is 10.8. The predicted octanol–water partition coefficient (Wildman–Crippen LogP) is 0.344. The molecule has 2 heterocycles. The van der Waals surface area contributed by atoms with Gasteiger partial charge in [0.15, 0.2) is 5.65 Å². The van der Waals surface area contributed by atoms with Crippen LogP contribution in [0.15, 0.2) is 10.9 Å². The SMILES string of the molecule is COC(=O)Cn1nc(Br)c2c(N)ncnc21. The molecule has 0 saturated carbocycles. The second kappa shape index (κ2) is 4.05. The van der Waals surface area contributed by atoms with Gasteiger partial charge in [0.2, 0.25) is 0 Å². The van der Waals surface area contributed by atoms with Gasteiger partial charge in [-0.3, -0.25) is 4.79 Å². The number of carbonyl (C=O) groups excluding carboxylic acids is 1. The van der Waals surface area contributed by atoms with Gasteiger partial charge in [0.25, 0.3) is 0 Å². The fourth-order valence-electron chi connectivity index (χ4n) is 1.28. The van der Waals surface area contributed by atoms with E-state index in [1.54, 1.807) is 0 Å². The summed E-state index contributed by atoms with van der Waals surface area (Å²) in [5.74, 6) is -0.0953. The van der Waals surface area contributed by atoms with Crippen molar-refractivity contribution in [2.45, 2.75) is 6.54 Å². The van der Waals surface area contributed by atoms with Gasteiger partial charge >= 0.3 is 5.97 Å². The third-order valence-corrected chi connectivity index (χ3v) is 2.58. The Morgan fingerprint density at radius 1 is 1.62 bits per heavy atom. The number of methoxy groups -OCH3 is 1. The summed E-state index contributed by atoms with van der Waals surface area (Å²) < 4.78 is 6.46. The molecule has 0 radical (unpaired) electrons. The quantitative estimate of drug-likeness (QED) is 0.800. The van der Waals surface area contributed by atoms with E-state index in [2.05, 4.69) is 35.7 Å². The van der Waals surface area contributed by atoms with Crippen LogP contribution >= 0.6 is 15.9 Å². The zero-order chi connectivity index (χ0) is 11.7. The van der Waals surface area contributed by atoms with Gasteiger partial charge in [0, 0.05) is 0 Å². The summed E-state index contributed by atoms with van der Waals surface area (Å²) in [4.78, 5) is 19.0. The monoisotopic (exact) mass is 285 g/mol. The number of fused-ring (bicyclic) bond motifs is 1.